The molecule has 7 nitrogen and oxygen atoms in total. The molecule has 1 unspecified atom stereocenters. The Morgan fingerprint density at radius 2 is 1.67 bits per heavy atom. The molecule has 2 aromatic carbocycles. The molecule has 196 valence electrons. The number of halogens is 1. The third-order valence-electron chi connectivity index (χ3n) is 6.52. The van der Waals surface area contributed by atoms with Crippen molar-refractivity contribution in [2.24, 2.45) is 0 Å². The number of carbonyl (C=O) groups is 3. The highest BCUT2D eigenvalue weighted by molar-refractivity contribution is 6.03. The van der Waals surface area contributed by atoms with Gasteiger partial charge in [0.15, 0.2) is 12.6 Å². The fourth-order valence-corrected chi connectivity index (χ4v) is 4.45. The van der Waals surface area contributed by atoms with Gasteiger partial charge in [-0.05, 0) is 57.4 Å². The first-order valence-corrected chi connectivity index (χ1v) is 12.5. The van der Waals surface area contributed by atoms with Gasteiger partial charge in [0.25, 0.3) is 5.91 Å². The number of carbonyl (C=O) groups excluding carboxylic acids is 3. The van der Waals surface area contributed by atoms with E-state index in [1.54, 1.807) is 13.8 Å². The standard InChI is InChI=1S/C28H37FN2O5/c1-6-13-24(27(33)30-26-20(5)16-22(29)17-23(26)28(34)35-9-4)31(7-2,8-3)18-25(32)36-19-21-14-11-10-12-15-21/h10-12,14-17,24H,6-9,13,18-19H2,1-5H3/p+1. The number of ether oxygens (including phenoxy) is 2. The second-order valence-corrected chi connectivity index (χ2v) is 8.81. The van der Waals surface area contributed by atoms with Gasteiger partial charge in [-0.3, -0.25) is 4.79 Å². The van der Waals surface area contributed by atoms with E-state index < -0.39 is 17.8 Å². The van der Waals surface area contributed by atoms with E-state index >= 15 is 0 Å². The first-order valence-electron chi connectivity index (χ1n) is 12.5. The Kier molecular flexibility index (Phi) is 11.0. The number of esters is 2. The van der Waals surface area contributed by atoms with Crippen LogP contribution in [0.3, 0.4) is 0 Å². The van der Waals surface area contributed by atoms with Gasteiger partial charge in [-0.1, -0.05) is 37.3 Å². The predicted octanol–water partition coefficient (Wildman–Crippen LogP) is 5.02. The maximum Gasteiger partial charge on any atom is 0.362 e. The van der Waals surface area contributed by atoms with Crippen molar-refractivity contribution in [2.45, 2.75) is 60.1 Å². The average Bonchev–Trinajstić information content (AvgIpc) is 2.87. The summed E-state index contributed by atoms with van der Waals surface area (Å²) in [5.74, 6) is -2.02. The largest absolute Gasteiger partial charge is 0.462 e. The average molecular weight is 502 g/mol. The summed E-state index contributed by atoms with van der Waals surface area (Å²) in [6.45, 7) is 10.5. The summed E-state index contributed by atoms with van der Waals surface area (Å²) in [5, 5.41) is 2.86. The number of hydrogen-bond donors (Lipinski definition) is 1. The summed E-state index contributed by atoms with van der Waals surface area (Å²) < 4.78 is 24.9. The van der Waals surface area contributed by atoms with Crippen molar-refractivity contribution in [1.82, 2.24) is 0 Å². The van der Waals surface area contributed by atoms with Crippen molar-refractivity contribution in [3.05, 3.63) is 65.0 Å². The fourth-order valence-electron chi connectivity index (χ4n) is 4.45. The van der Waals surface area contributed by atoms with Crippen LogP contribution in [0.15, 0.2) is 42.5 Å². The number of aryl methyl sites for hydroxylation is 1. The van der Waals surface area contributed by atoms with Crippen LogP contribution in [-0.2, 0) is 25.7 Å². The molecular formula is C28H38FN2O5+. The normalized spacial score (nSPS) is 12.1. The summed E-state index contributed by atoms with van der Waals surface area (Å²) in [7, 11) is 0. The summed E-state index contributed by atoms with van der Waals surface area (Å²) in [6, 6.07) is 11.2. The van der Waals surface area contributed by atoms with Gasteiger partial charge in [-0.2, -0.15) is 0 Å². The molecule has 2 rings (SSSR count). The molecule has 0 spiro atoms. The van der Waals surface area contributed by atoms with Gasteiger partial charge in [0, 0.05) is 6.42 Å². The van der Waals surface area contributed by atoms with E-state index in [1.807, 2.05) is 51.1 Å². The molecule has 0 heterocycles. The molecule has 1 amide bonds. The third kappa shape index (κ3) is 7.37. The predicted molar refractivity (Wildman–Crippen MR) is 137 cm³/mol. The lowest BCUT2D eigenvalue weighted by Gasteiger charge is -2.42. The molecule has 1 N–H and O–H groups in total. The Hall–Kier alpha value is -3.26. The van der Waals surface area contributed by atoms with Crippen LogP contribution in [0, 0.1) is 12.7 Å². The van der Waals surface area contributed by atoms with Gasteiger partial charge in [0.2, 0.25) is 0 Å². The van der Waals surface area contributed by atoms with Crippen LogP contribution in [0.5, 0.6) is 0 Å². The van der Waals surface area contributed by atoms with Crippen LogP contribution in [-0.4, -0.2) is 54.6 Å². The topological polar surface area (TPSA) is 81.7 Å². The first-order chi connectivity index (χ1) is 17.2. The molecule has 0 aliphatic heterocycles. The Balaban J connectivity index is 2.31. The molecule has 8 heteroatoms. The number of hydrogen-bond acceptors (Lipinski definition) is 5. The van der Waals surface area contributed by atoms with E-state index in [1.165, 1.54) is 6.07 Å². The van der Waals surface area contributed by atoms with Crippen molar-refractivity contribution >= 4 is 23.5 Å². The maximum atomic E-state index is 14.1. The van der Waals surface area contributed by atoms with Crippen LogP contribution in [0.4, 0.5) is 10.1 Å². The van der Waals surface area contributed by atoms with E-state index in [4.69, 9.17) is 9.47 Å². The van der Waals surface area contributed by atoms with E-state index in [9.17, 15) is 18.8 Å². The molecule has 0 bridgehead atoms. The van der Waals surface area contributed by atoms with Crippen molar-refractivity contribution in [3.63, 3.8) is 0 Å². The lowest BCUT2D eigenvalue weighted by atomic mass is 10.0. The molecule has 0 radical (unpaired) electrons. The minimum Gasteiger partial charge on any atom is -0.462 e. The summed E-state index contributed by atoms with van der Waals surface area (Å²) >= 11 is 0. The number of nitrogens with one attached hydrogen (secondary N) is 1. The van der Waals surface area contributed by atoms with Crippen LogP contribution in [0.25, 0.3) is 0 Å². The van der Waals surface area contributed by atoms with Gasteiger partial charge in [0.05, 0.1) is 30.9 Å². The van der Waals surface area contributed by atoms with Gasteiger partial charge in [-0.25, -0.2) is 14.0 Å². The highest BCUT2D eigenvalue weighted by Gasteiger charge is 2.41. The molecule has 2 aromatic rings. The molecular weight excluding hydrogens is 463 g/mol. The van der Waals surface area contributed by atoms with E-state index in [0.29, 0.717) is 31.5 Å². The van der Waals surface area contributed by atoms with E-state index in [-0.39, 0.29) is 47.4 Å². The minimum absolute atomic E-state index is 0.0328. The zero-order chi connectivity index (χ0) is 26.7. The van der Waals surface area contributed by atoms with Crippen molar-refractivity contribution in [3.8, 4) is 0 Å². The summed E-state index contributed by atoms with van der Waals surface area (Å²) in [5.41, 5.74) is 1.48. The smallest absolute Gasteiger partial charge is 0.362 e. The lowest BCUT2D eigenvalue weighted by Crippen LogP contribution is -2.62. The number of nitrogens with zero attached hydrogens (tertiary/aromatic N) is 1. The van der Waals surface area contributed by atoms with Crippen LogP contribution in [0.2, 0.25) is 0 Å². The highest BCUT2D eigenvalue weighted by Crippen LogP contribution is 2.26. The molecule has 36 heavy (non-hydrogen) atoms. The van der Waals surface area contributed by atoms with Crippen molar-refractivity contribution in [1.29, 1.82) is 0 Å². The Morgan fingerprint density at radius 3 is 2.25 bits per heavy atom. The summed E-state index contributed by atoms with van der Waals surface area (Å²) in [4.78, 5) is 39.0. The molecule has 0 aliphatic rings. The Bertz CT molecular complexity index is 1040. The van der Waals surface area contributed by atoms with Gasteiger partial charge in [-0.15, -0.1) is 0 Å². The SMILES string of the molecule is CCCC(C(=O)Nc1c(C)cc(F)cc1C(=O)OCC)[N+](CC)(CC)CC(=O)OCc1ccccc1. The second kappa shape index (κ2) is 13.7. The summed E-state index contributed by atoms with van der Waals surface area (Å²) in [6.07, 6.45) is 1.23. The lowest BCUT2D eigenvalue weighted by molar-refractivity contribution is -0.933. The van der Waals surface area contributed by atoms with Crippen molar-refractivity contribution < 1.29 is 32.7 Å². The second-order valence-electron chi connectivity index (χ2n) is 8.81. The monoisotopic (exact) mass is 501 g/mol. The fraction of sp³-hybridized carbons (Fsp3) is 0.464. The van der Waals surface area contributed by atoms with Crippen LogP contribution < -0.4 is 5.32 Å². The van der Waals surface area contributed by atoms with E-state index in [2.05, 4.69) is 5.32 Å². The molecule has 0 saturated heterocycles. The highest BCUT2D eigenvalue weighted by atomic mass is 19.1. The zero-order valence-corrected chi connectivity index (χ0v) is 21.9. The number of likely N-dealkylation sites (N-methyl/N-ethyl adjacent to an activating group) is 1. The quantitative estimate of drug-likeness (QED) is 0.308. The number of rotatable bonds is 13. The first kappa shape index (κ1) is 29.0. The van der Waals surface area contributed by atoms with Gasteiger partial charge in [0.1, 0.15) is 12.4 Å². The van der Waals surface area contributed by atoms with Gasteiger partial charge >= 0.3 is 11.9 Å². The molecule has 1 atom stereocenters. The Morgan fingerprint density at radius 1 is 1.00 bits per heavy atom. The van der Waals surface area contributed by atoms with Crippen molar-refractivity contribution in [2.75, 3.05) is 31.6 Å². The maximum absolute atomic E-state index is 14.1. The number of quaternary nitrogens is 1. The third-order valence-corrected chi connectivity index (χ3v) is 6.52. The van der Waals surface area contributed by atoms with Crippen LogP contribution >= 0.6 is 0 Å². The molecule has 0 fully saturated rings. The zero-order valence-electron chi connectivity index (χ0n) is 21.9. The Labute approximate surface area is 213 Å². The molecule has 0 saturated carbocycles. The van der Waals surface area contributed by atoms with E-state index in [0.717, 1.165) is 11.6 Å². The molecule has 0 aliphatic carbocycles. The number of anilines is 1. The van der Waals surface area contributed by atoms with Gasteiger partial charge < -0.3 is 19.3 Å². The number of benzene rings is 2. The minimum atomic E-state index is -0.710. The van der Waals surface area contributed by atoms with Crippen LogP contribution in [0.1, 0.15) is 62.0 Å². The molecule has 0 aromatic heterocycles. The number of amides is 1.